The maximum absolute atomic E-state index is 12.5. The summed E-state index contributed by atoms with van der Waals surface area (Å²) in [4.78, 5) is 45.5. The Labute approximate surface area is 290 Å². The predicted octanol–water partition coefficient (Wildman–Crippen LogP) is 8.95. The Hall–Kier alpha value is -1.78. The van der Waals surface area contributed by atoms with Crippen molar-refractivity contribution in [1.82, 2.24) is 0 Å². The molecule has 0 aliphatic heterocycles. The van der Waals surface area contributed by atoms with E-state index in [9.17, 15) is 23.8 Å². The molecule has 12 heteroatoms. The van der Waals surface area contributed by atoms with Crippen molar-refractivity contribution in [2.45, 2.75) is 180 Å². The van der Waals surface area contributed by atoms with E-state index in [2.05, 4.69) is 30.5 Å². The molecule has 0 spiro atoms. The lowest BCUT2D eigenvalue weighted by Crippen LogP contribution is -2.34. The van der Waals surface area contributed by atoms with Crippen LogP contribution in [0.1, 0.15) is 168 Å². The van der Waals surface area contributed by atoms with Gasteiger partial charge in [0.25, 0.3) is 0 Å². The highest BCUT2D eigenvalue weighted by molar-refractivity contribution is 7.47. The molecule has 0 amide bonds. The first-order valence-corrected chi connectivity index (χ1v) is 20.2. The van der Waals surface area contributed by atoms with Crippen LogP contribution in [0.3, 0.4) is 0 Å². The zero-order chi connectivity index (χ0) is 35.7. The highest BCUT2D eigenvalue weighted by Gasteiger charge is 2.28. The van der Waals surface area contributed by atoms with Gasteiger partial charge in [-0.2, -0.15) is 0 Å². The normalized spacial score (nSPS) is 14.1. The van der Waals surface area contributed by atoms with Gasteiger partial charge >= 0.3 is 25.7 Å². The molecule has 0 radical (unpaired) electrons. The molecule has 4 N–H and O–H groups in total. The summed E-state index contributed by atoms with van der Waals surface area (Å²) >= 11 is 0. The number of hydrogen-bond donors (Lipinski definition) is 3. The molecule has 0 aromatic rings. The minimum Gasteiger partial charge on any atom is -0.480 e. The Morgan fingerprint density at radius 2 is 1.04 bits per heavy atom. The fraction of sp³-hybridized carbons (Fsp3) is 0.861. The number of carboxylic acids is 1. The van der Waals surface area contributed by atoms with Crippen molar-refractivity contribution in [3.05, 3.63) is 12.2 Å². The largest absolute Gasteiger partial charge is 0.480 e. The van der Waals surface area contributed by atoms with Gasteiger partial charge in [-0.15, -0.1) is 0 Å². The number of phosphoric acid groups is 1. The standard InChI is InChI=1S/C36H68NO10P/c1-3-5-7-9-11-12-13-14-15-16-17-18-19-20-21-22-24-26-28-35(39)47-32(29-44-34(38)27-25-23-10-8-6-4-2)30-45-48(42,43)46-31-33(37)36(40)41/h15-16,32-33H,3-14,17-31,37H2,1-2H3,(H,40,41)(H,42,43)/b16-15-. The van der Waals surface area contributed by atoms with Gasteiger partial charge in [0.1, 0.15) is 12.6 Å². The van der Waals surface area contributed by atoms with Gasteiger partial charge in [-0.3, -0.25) is 23.4 Å². The minimum absolute atomic E-state index is 0.159. The Morgan fingerprint density at radius 3 is 1.52 bits per heavy atom. The molecule has 3 atom stereocenters. The number of hydrogen-bond acceptors (Lipinski definition) is 9. The summed E-state index contributed by atoms with van der Waals surface area (Å²) in [6.45, 7) is 2.71. The predicted molar refractivity (Wildman–Crippen MR) is 189 cm³/mol. The van der Waals surface area contributed by atoms with Crippen molar-refractivity contribution in [1.29, 1.82) is 0 Å². The van der Waals surface area contributed by atoms with E-state index in [1.54, 1.807) is 0 Å². The van der Waals surface area contributed by atoms with Gasteiger partial charge in [0, 0.05) is 12.8 Å². The number of allylic oxidation sites excluding steroid dienone is 2. The van der Waals surface area contributed by atoms with Crippen LogP contribution in [0.15, 0.2) is 12.2 Å². The molecule has 3 unspecified atom stereocenters. The number of unbranched alkanes of at least 4 members (excludes halogenated alkanes) is 19. The maximum atomic E-state index is 12.5. The van der Waals surface area contributed by atoms with Gasteiger partial charge in [0.15, 0.2) is 6.10 Å². The van der Waals surface area contributed by atoms with Crippen LogP contribution in [0.25, 0.3) is 0 Å². The third-order valence-electron chi connectivity index (χ3n) is 8.01. The van der Waals surface area contributed by atoms with E-state index in [1.165, 1.54) is 70.6 Å². The first-order valence-electron chi connectivity index (χ1n) is 18.7. The lowest BCUT2D eigenvalue weighted by Gasteiger charge is -2.20. The van der Waals surface area contributed by atoms with Gasteiger partial charge in [-0.25, -0.2) is 4.57 Å². The van der Waals surface area contributed by atoms with E-state index >= 15 is 0 Å². The van der Waals surface area contributed by atoms with Crippen molar-refractivity contribution < 1.29 is 47.5 Å². The zero-order valence-corrected chi connectivity index (χ0v) is 31.0. The average Bonchev–Trinajstić information content (AvgIpc) is 3.05. The first-order chi connectivity index (χ1) is 23.1. The van der Waals surface area contributed by atoms with Crippen molar-refractivity contribution in [2.24, 2.45) is 5.73 Å². The highest BCUT2D eigenvalue weighted by Crippen LogP contribution is 2.43. The number of rotatable bonds is 35. The minimum atomic E-state index is -4.70. The summed E-state index contributed by atoms with van der Waals surface area (Å²) in [5.41, 5.74) is 5.30. The Kier molecular flexibility index (Phi) is 31.2. The number of aliphatic carboxylic acids is 1. The summed E-state index contributed by atoms with van der Waals surface area (Å²) in [6, 6.07) is -1.52. The van der Waals surface area contributed by atoms with Crippen LogP contribution in [-0.2, 0) is 37.5 Å². The summed E-state index contributed by atoms with van der Waals surface area (Å²) in [5, 5.41) is 8.83. The molecule has 0 rings (SSSR count). The van der Waals surface area contributed by atoms with Gasteiger partial charge < -0.3 is 25.2 Å². The molecule has 0 aromatic heterocycles. The molecule has 0 heterocycles. The number of carbonyl (C=O) groups excluding carboxylic acids is 2. The molecule has 0 saturated heterocycles. The number of carboxylic acid groups (broad SMARTS) is 1. The Morgan fingerprint density at radius 1 is 0.625 bits per heavy atom. The number of nitrogens with two attached hydrogens (primary N) is 1. The third-order valence-corrected chi connectivity index (χ3v) is 8.96. The van der Waals surface area contributed by atoms with Crippen LogP contribution >= 0.6 is 7.82 Å². The molecule has 0 aromatic carbocycles. The number of esters is 2. The Balaban J connectivity index is 4.30. The molecule has 0 aliphatic carbocycles. The third kappa shape index (κ3) is 31.5. The summed E-state index contributed by atoms with van der Waals surface area (Å²) < 4.78 is 32.4. The second-order valence-electron chi connectivity index (χ2n) is 12.7. The maximum Gasteiger partial charge on any atom is 0.472 e. The fourth-order valence-corrected chi connectivity index (χ4v) is 5.78. The van der Waals surface area contributed by atoms with Crippen LogP contribution in [0.4, 0.5) is 0 Å². The van der Waals surface area contributed by atoms with E-state index in [0.717, 1.165) is 57.8 Å². The smallest absolute Gasteiger partial charge is 0.472 e. The monoisotopic (exact) mass is 705 g/mol. The molecule has 282 valence electrons. The molecule has 11 nitrogen and oxygen atoms in total. The van der Waals surface area contributed by atoms with Crippen molar-refractivity contribution in [3.8, 4) is 0 Å². The molecular formula is C36H68NO10P. The lowest BCUT2D eigenvalue weighted by atomic mass is 10.1. The molecule has 0 fully saturated rings. The average molecular weight is 706 g/mol. The van der Waals surface area contributed by atoms with Crippen LogP contribution < -0.4 is 5.73 Å². The topological polar surface area (TPSA) is 172 Å². The lowest BCUT2D eigenvalue weighted by molar-refractivity contribution is -0.161. The van der Waals surface area contributed by atoms with Gasteiger partial charge in [0.05, 0.1) is 13.2 Å². The van der Waals surface area contributed by atoms with E-state index in [0.29, 0.717) is 12.8 Å². The van der Waals surface area contributed by atoms with Crippen LogP contribution in [0.2, 0.25) is 0 Å². The Bertz CT molecular complexity index is 885. The van der Waals surface area contributed by atoms with Gasteiger partial charge in [-0.1, -0.05) is 129 Å². The van der Waals surface area contributed by atoms with Crippen molar-refractivity contribution in [2.75, 3.05) is 19.8 Å². The van der Waals surface area contributed by atoms with Crippen molar-refractivity contribution >= 4 is 25.7 Å². The summed E-state index contributed by atoms with van der Waals surface area (Å²) in [7, 11) is -4.70. The van der Waals surface area contributed by atoms with Crippen LogP contribution in [0.5, 0.6) is 0 Å². The molecular weight excluding hydrogens is 637 g/mol. The molecule has 0 bridgehead atoms. The second kappa shape index (κ2) is 32.4. The second-order valence-corrected chi connectivity index (χ2v) is 14.2. The first kappa shape index (κ1) is 46.2. The highest BCUT2D eigenvalue weighted by atomic mass is 31.2. The van der Waals surface area contributed by atoms with Crippen molar-refractivity contribution in [3.63, 3.8) is 0 Å². The quantitative estimate of drug-likeness (QED) is 0.0249. The van der Waals surface area contributed by atoms with E-state index < -0.39 is 51.1 Å². The van der Waals surface area contributed by atoms with E-state index in [4.69, 9.17) is 24.8 Å². The molecule has 0 saturated carbocycles. The number of ether oxygens (including phenoxy) is 2. The summed E-state index contributed by atoms with van der Waals surface area (Å²) in [6.07, 6.45) is 28.9. The van der Waals surface area contributed by atoms with Gasteiger partial charge in [0.2, 0.25) is 0 Å². The van der Waals surface area contributed by atoms with E-state index in [-0.39, 0.29) is 19.4 Å². The van der Waals surface area contributed by atoms with Crippen LogP contribution in [-0.4, -0.2) is 59.9 Å². The van der Waals surface area contributed by atoms with Crippen LogP contribution in [0, 0.1) is 0 Å². The SMILES string of the molecule is CCCCCCCCC/C=C\CCCCCCCCCC(=O)OC(COC(=O)CCCCCCCC)COP(=O)(O)OCC(N)C(=O)O. The summed E-state index contributed by atoms with van der Waals surface area (Å²) in [5.74, 6) is -2.39. The zero-order valence-electron chi connectivity index (χ0n) is 30.1. The number of carbonyl (C=O) groups is 3. The molecule has 0 aliphatic rings. The molecule has 48 heavy (non-hydrogen) atoms. The van der Waals surface area contributed by atoms with Gasteiger partial charge in [-0.05, 0) is 38.5 Å². The van der Waals surface area contributed by atoms with E-state index in [1.807, 2.05) is 0 Å². The number of phosphoric ester groups is 1. The fourth-order valence-electron chi connectivity index (χ4n) is 5.00.